The van der Waals surface area contributed by atoms with Gasteiger partial charge in [-0.15, -0.1) is 11.3 Å². The van der Waals surface area contributed by atoms with Gasteiger partial charge in [0.15, 0.2) is 0 Å². The SMILES string of the molecule is NS(=O)(=O)c1ccc(N2C(=O)C(=O)/C(=C(\O)c3ccc4c(c3)CCO4)C2c2cccs2)cc1. The quantitative estimate of drug-likeness (QED) is 0.334. The summed E-state index contributed by atoms with van der Waals surface area (Å²) in [5, 5.41) is 18.2. The molecular formula is C23H18N2O6S2. The minimum absolute atomic E-state index is 0.0307. The highest BCUT2D eigenvalue weighted by Crippen LogP contribution is 2.44. The highest BCUT2D eigenvalue weighted by atomic mass is 32.2. The zero-order valence-corrected chi connectivity index (χ0v) is 18.7. The molecule has 1 saturated heterocycles. The first-order valence-corrected chi connectivity index (χ1v) is 12.4. The Hall–Kier alpha value is -3.47. The monoisotopic (exact) mass is 482 g/mol. The van der Waals surface area contributed by atoms with Crippen LogP contribution in [0.1, 0.15) is 22.0 Å². The summed E-state index contributed by atoms with van der Waals surface area (Å²) in [5.74, 6) is -1.18. The lowest BCUT2D eigenvalue weighted by Gasteiger charge is -2.24. The average molecular weight is 483 g/mol. The predicted octanol–water partition coefficient (Wildman–Crippen LogP) is 2.96. The van der Waals surface area contributed by atoms with Crippen molar-refractivity contribution >= 4 is 44.5 Å². The van der Waals surface area contributed by atoms with Gasteiger partial charge < -0.3 is 9.84 Å². The molecule has 1 amide bonds. The topological polar surface area (TPSA) is 127 Å². The van der Waals surface area contributed by atoms with Crippen LogP contribution in [0.3, 0.4) is 0 Å². The fourth-order valence-corrected chi connectivity index (χ4v) is 5.44. The number of hydrogen-bond donors (Lipinski definition) is 2. The Balaban J connectivity index is 1.65. The summed E-state index contributed by atoms with van der Waals surface area (Å²) in [4.78, 5) is 28.1. The lowest BCUT2D eigenvalue weighted by Crippen LogP contribution is -2.29. The zero-order chi connectivity index (χ0) is 23.3. The van der Waals surface area contributed by atoms with Crippen LogP contribution in [0.4, 0.5) is 5.69 Å². The van der Waals surface area contributed by atoms with Gasteiger partial charge in [-0.25, -0.2) is 13.6 Å². The second kappa shape index (κ2) is 7.84. The molecule has 0 aliphatic carbocycles. The molecule has 0 bridgehead atoms. The van der Waals surface area contributed by atoms with Crippen LogP contribution in [0.15, 0.2) is 70.4 Å². The molecule has 0 saturated carbocycles. The number of Topliss-reactive ketones (excluding diaryl/α,β-unsaturated/α-hetero) is 1. The molecule has 1 aromatic heterocycles. The van der Waals surface area contributed by atoms with Crippen LogP contribution in [0.2, 0.25) is 0 Å². The van der Waals surface area contributed by atoms with Gasteiger partial charge in [-0.2, -0.15) is 0 Å². The van der Waals surface area contributed by atoms with Crippen molar-refractivity contribution in [3.8, 4) is 5.75 Å². The third kappa shape index (κ3) is 3.62. The summed E-state index contributed by atoms with van der Waals surface area (Å²) in [6.45, 7) is 0.549. The minimum Gasteiger partial charge on any atom is -0.507 e. The van der Waals surface area contributed by atoms with E-state index in [1.807, 2.05) is 5.38 Å². The van der Waals surface area contributed by atoms with E-state index in [4.69, 9.17) is 9.88 Å². The number of aliphatic hydroxyl groups excluding tert-OH is 1. The number of hydrogen-bond acceptors (Lipinski definition) is 7. The van der Waals surface area contributed by atoms with Crippen LogP contribution < -0.4 is 14.8 Å². The normalized spacial score (nSPS) is 19.5. The maximum Gasteiger partial charge on any atom is 0.300 e. The number of aliphatic hydroxyl groups is 1. The van der Waals surface area contributed by atoms with Crippen LogP contribution in [-0.2, 0) is 26.0 Å². The summed E-state index contributed by atoms with van der Waals surface area (Å²) in [6, 6.07) is 13.2. The van der Waals surface area contributed by atoms with Gasteiger partial charge in [-0.3, -0.25) is 14.5 Å². The van der Waals surface area contributed by atoms with Gasteiger partial charge in [0.1, 0.15) is 17.6 Å². The van der Waals surface area contributed by atoms with E-state index in [1.54, 1.807) is 30.3 Å². The fraction of sp³-hybridized carbons (Fsp3) is 0.130. The Morgan fingerprint density at radius 2 is 1.88 bits per heavy atom. The number of nitrogens with two attached hydrogens (primary N) is 1. The molecular weight excluding hydrogens is 464 g/mol. The van der Waals surface area contributed by atoms with Crippen molar-refractivity contribution in [1.82, 2.24) is 0 Å². The summed E-state index contributed by atoms with van der Waals surface area (Å²) < 4.78 is 28.7. The molecule has 2 aromatic carbocycles. The van der Waals surface area contributed by atoms with Crippen LogP contribution in [0, 0.1) is 0 Å². The van der Waals surface area contributed by atoms with E-state index >= 15 is 0 Å². The van der Waals surface area contributed by atoms with E-state index in [0.29, 0.717) is 29.2 Å². The Morgan fingerprint density at radius 3 is 2.55 bits per heavy atom. The average Bonchev–Trinajstić information content (AvgIpc) is 3.53. The Bertz CT molecular complexity index is 1410. The van der Waals surface area contributed by atoms with Crippen molar-refractivity contribution in [2.45, 2.75) is 17.4 Å². The van der Waals surface area contributed by atoms with Gasteiger partial charge in [0.2, 0.25) is 10.0 Å². The van der Waals surface area contributed by atoms with Gasteiger partial charge in [-0.1, -0.05) is 6.07 Å². The second-order valence-corrected chi connectivity index (χ2v) is 10.2. The fourth-order valence-electron chi connectivity index (χ4n) is 4.10. The van der Waals surface area contributed by atoms with E-state index in [1.165, 1.54) is 40.5 Å². The van der Waals surface area contributed by atoms with Gasteiger partial charge in [0.05, 0.1) is 17.1 Å². The summed E-state index contributed by atoms with van der Waals surface area (Å²) in [6.07, 6.45) is 0.690. The highest BCUT2D eigenvalue weighted by Gasteiger charge is 2.47. The predicted molar refractivity (Wildman–Crippen MR) is 123 cm³/mol. The first-order chi connectivity index (χ1) is 15.8. The molecule has 10 heteroatoms. The number of thiophene rings is 1. The Kier molecular flexibility index (Phi) is 5.08. The van der Waals surface area contributed by atoms with Gasteiger partial charge >= 0.3 is 0 Å². The molecule has 0 spiro atoms. The molecule has 2 aliphatic rings. The standard InChI is InChI=1S/C23H18N2O6S2/c24-33(29,30)16-6-4-15(5-7-16)25-20(18-2-1-11-32-18)19(22(27)23(25)28)21(26)14-3-8-17-13(12-14)9-10-31-17/h1-8,11-12,20,26H,9-10H2,(H2,24,29,30)/b21-19-. The molecule has 3 N–H and O–H groups in total. The molecule has 5 rings (SSSR count). The molecule has 1 fully saturated rings. The number of amides is 1. The number of ketones is 1. The molecule has 168 valence electrons. The van der Waals surface area contributed by atoms with Crippen molar-refractivity contribution in [3.05, 3.63) is 81.6 Å². The van der Waals surface area contributed by atoms with Crippen molar-refractivity contribution in [2.75, 3.05) is 11.5 Å². The highest BCUT2D eigenvalue weighted by molar-refractivity contribution is 7.89. The number of rotatable bonds is 4. The number of fused-ring (bicyclic) bond motifs is 1. The lowest BCUT2D eigenvalue weighted by atomic mass is 9.98. The van der Waals surface area contributed by atoms with Crippen LogP contribution in [-0.4, -0.2) is 31.8 Å². The largest absolute Gasteiger partial charge is 0.507 e. The smallest absolute Gasteiger partial charge is 0.300 e. The van der Waals surface area contributed by atoms with Gasteiger partial charge in [0.25, 0.3) is 11.7 Å². The molecule has 1 unspecified atom stereocenters. The summed E-state index contributed by atoms with van der Waals surface area (Å²) >= 11 is 1.34. The van der Waals surface area contributed by atoms with Crippen LogP contribution >= 0.6 is 11.3 Å². The third-order valence-electron chi connectivity index (χ3n) is 5.66. The maximum atomic E-state index is 13.1. The Morgan fingerprint density at radius 1 is 1.12 bits per heavy atom. The zero-order valence-electron chi connectivity index (χ0n) is 17.1. The number of carbonyl (C=O) groups excluding carboxylic acids is 2. The van der Waals surface area contributed by atoms with Crippen molar-refractivity contribution in [1.29, 1.82) is 0 Å². The number of carbonyl (C=O) groups is 2. The van der Waals surface area contributed by atoms with Gasteiger partial charge in [-0.05, 0) is 59.5 Å². The molecule has 8 nitrogen and oxygen atoms in total. The minimum atomic E-state index is -3.92. The summed E-state index contributed by atoms with van der Waals surface area (Å²) in [5.41, 5.74) is 1.61. The number of benzene rings is 2. The summed E-state index contributed by atoms with van der Waals surface area (Å²) in [7, 11) is -3.92. The number of sulfonamides is 1. The number of anilines is 1. The number of ether oxygens (including phenoxy) is 1. The van der Waals surface area contributed by atoms with E-state index < -0.39 is 27.8 Å². The molecule has 33 heavy (non-hydrogen) atoms. The van der Waals surface area contributed by atoms with Crippen molar-refractivity contribution in [2.24, 2.45) is 5.14 Å². The van der Waals surface area contributed by atoms with Crippen molar-refractivity contribution in [3.63, 3.8) is 0 Å². The van der Waals surface area contributed by atoms with E-state index in [-0.39, 0.29) is 16.2 Å². The van der Waals surface area contributed by atoms with E-state index in [0.717, 1.165) is 11.3 Å². The van der Waals surface area contributed by atoms with Crippen LogP contribution in [0.5, 0.6) is 5.75 Å². The molecule has 0 radical (unpaired) electrons. The first kappa shape index (κ1) is 21.4. The first-order valence-electron chi connectivity index (χ1n) is 9.99. The van der Waals surface area contributed by atoms with E-state index in [9.17, 15) is 23.1 Å². The van der Waals surface area contributed by atoms with Crippen molar-refractivity contribution < 1.29 is 27.9 Å². The molecule has 2 aliphatic heterocycles. The second-order valence-electron chi connectivity index (χ2n) is 7.64. The molecule has 3 aromatic rings. The Labute approximate surface area is 193 Å². The number of nitrogens with zero attached hydrogens (tertiary/aromatic N) is 1. The maximum absolute atomic E-state index is 13.1. The molecule has 1 atom stereocenters. The third-order valence-corrected chi connectivity index (χ3v) is 7.52. The van der Waals surface area contributed by atoms with E-state index in [2.05, 4.69) is 0 Å². The molecule has 3 heterocycles. The lowest BCUT2D eigenvalue weighted by molar-refractivity contribution is -0.132. The van der Waals surface area contributed by atoms with Gasteiger partial charge in [0, 0.05) is 22.5 Å². The number of primary sulfonamides is 1. The van der Waals surface area contributed by atoms with Crippen LogP contribution in [0.25, 0.3) is 5.76 Å².